The van der Waals surface area contributed by atoms with Gasteiger partial charge in [0.25, 0.3) is 0 Å². The van der Waals surface area contributed by atoms with Crippen molar-refractivity contribution in [2.75, 3.05) is 22.9 Å². The van der Waals surface area contributed by atoms with Crippen molar-refractivity contribution in [2.24, 2.45) is 0 Å². The lowest BCUT2D eigenvalue weighted by atomic mass is 9.96. The fraction of sp³-hybridized carbons (Fsp3) is 0.0400. The topological polar surface area (TPSA) is 123 Å². The lowest BCUT2D eigenvalue weighted by Crippen LogP contribution is -2.41. The Morgan fingerprint density at radius 3 is 1.23 bits per heavy atom. The molecule has 0 unspecified atom stereocenters. The highest BCUT2D eigenvalue weighted by Crippen LogP contribution is 2.41. The second kappa shape index (κ2) is 8.20. The van der Waals surface area contributed by atoms with Crippen molar-refractivity contribution in [3.05, 3.63) is 108 Å². The predicted molar refractivity (Wildman–Crippen MR) is 125 cm³/mol. The molecule has 0 amide bonds. The number of rotatable bonds is 6. The standard InChI is InChI=1S/C25H24N4O2/c26-19-11-13-23(21(28)15-19)30-25(17-7-3-1-4-8-17,18-9-5-2-6-10-18)31-24-14-12-20(27)16-22(24)29/h1-16H,26-29H2. The van der Waals surface area contributed by atoms with E-state index in [1.807, 2.05) is 60.7 Å². The summed E-state index contributed by atoms with van der Waals surface area (Å²) < 4.78 is 13.1. The molecule has 0 aliphatic heterocycles. The van der Waals surface area contributed by atoms with Crippen LogP contribution in [0.2, 0.25) is 0 Å². The van der Waals surface area contributed by atoms with Crippen molar-refractivity contribution in [1.29, 1.82) is 0 Å². The normalized spacial score (nSPS) is 11.1. The van der Waals surface area contributed by atoms with Crippen molar-refractivity contribution in [2.45, 2.75) is 5.79 Å². The average Bonchev–Trinajstić information content (AvgIpc) is 2.78. The second-order valence-corrected chi connectivity index (χ2v) is 7.15. The molecule has 0 radical (unpaired) electrons. The molecule has 0 aromatic heterocycles. The molecular formula is C25H24N4O2. The molecule has 4 aromatic rings. The summed E-state index contributed by atoms with van der Waals surface area (Å²) in [7, 11) is 0. The number of benzene rings is 4. The number of ether oxygens (including phenoxy) is 2. The van der Waals surface area contributed by atoms with Gasteiger partial charge in [-0.25, -0.2) is 0 Å². The van der Waals surface area contributed by atoms with Gasteiger partial charge in [-0.3, -0.25) is 0 Å². The van der Waals surface area contributed by atoms with Crippen LogP contribution in [0.5, 0.6) is 11.5 Å². The molecule has 0 heterocycles. The first-order chi connectivity index (χ1) is 15.0. The molecule has 0 atom stereocenters. The van der Waals surface area contributed by atoms with Crippen LogP contribution in [0, 0.1) is 0 Å². The third-order valence-electron chi connectivity index (χ3n) is 4.88. The van der Waals surface area contributed by atoms with E-state index < -0.39 is 5.79 Å². The lowest BCUT2D eigenvalue weighted by Gasteiger charge is -2.36. The quantitative estimate of drug-likeness (QED) is 0.275. The van der Waals surface area contributed by atoms with E-state index in [4.69, 9.17) is 32.4 Å². The highest BCUT2D eigenvalue weighted by atomic mass is 16.7. The van der Waals surface area contributed by atoms with Gasteiger partial charge in [0, 0.05) is 22.5 Å². The van der Waals surface area contributed by atoms with Crippen molar-refractivity contribution >= 4 is 22.7 Å². The Morgan fingerprint density at radius 1 is 0.484 bits per heavy atom. The van der Waals surface area contributed by atoms with Gasteiger partial charge in [0.15, 0.2) is 0 Å². The molecule has 31 heavy (non-hydrogen) atoms. The summed E-state index contributed by atoms with van der Waals surface area (Å²) in [6.07, 6.45) is 0. The molecule has 0 saturated carbocycles. The number of nitrogens with two attached hydrogens (primary N) is 4. The van der Waals surface area contributed by atoms with Crippen LogP contribution < -0.4 is 32.4 Å². The molecule has 0 aliphatic carbocycles. The molecule has 4 rings (SSSR count). The van der Waals surface area contributed by atoms with Crippen LogP contribution in [0.1, 0.15) is 11.1 Å². The molecule has 0 fully saturated rings. The number of hydrogen-bond acceptors (Lipinski definition) is 6. The number of anilines is 4. The summed E-state index contributed by atoms with van der Waals surface area (Å²) in [6.45, 7) is 0. The van der Waals surface area contributed by atoms with E-state index in [1.165, 1.54) is 0 Å². The van der Waals surface area contributed by atoms with E-state index in [9.17, 15) is 0 Å². The maximum atomic E-state index is 6.56. The first-order valence-electron chi connectivity index (χ1n) is 9.77. The second-order valence-electron chi connectivity index (χ2n) is 7.15. The van der Waals surface area contributed by atoms with Gasteiger partial charge in [-0.15, -0.1) is 0 Å². The molecule has 8 N–H and O–H groups in total. The Balaban J connectivity index is 1.94. The highest BCUT2D eigenvalue weighted by Gasteiger charge is 2.40. The van der Waals surface area contributed by atoms with Gasteiger partial charge in [-0.05, 0) is 36.4 Å². The molecule has 6 heteroatoms. The largest absolute Gasteiger partial charge is 0.442 e. The van der Waals surface area contributed by atoms with Crippen LogP contribution in [0.3, 0.4) is 0 Å². The summed E-state index contributed by atoms with van der Waals surface area (Å²) >= 11 is 0. The van der Waals surface area contributed by atoms with Gasteiger partial charge in [-0.1, -0.05) is 60.7 Å². The molecule has 6 nitrogen and oxygen atoms in total. The SMILES string of the molecule is Nc1ccc(OC(Oc2ccc(N)cc2N)(c2ccccc2)c2ccccc2)c(N)c1. The van der Waals surface area contributed by atoms with Gasteiger partial charge in [0.1, 0.15) is 11.5 Å². The smallest absolute Gasteiger partial charge is 0.305 e. The zero-order chi connectivity index (χ0) is 21.8. The molecule has 4 aromatic carbocycles. The van der Waals surface area contributed by atoms with Crippen LogP contribution in [-0.2, 0) is 5.79 Å². The average molecular weight is 412 g/mol. The molecular weight excluding hydrogens is 388 g/mol. The van der Waals surface area contributed by atoms with Gasteiger partial charge < -0.3 is 32.4 Å². The molecule has 0 bridgehead atoms. The van der Waals surface area contributed by atoms with Gasteiger partial charge in [0.05, 0.1) is 11.4 Å². The zero-order valence-electron chi connectivity index (χ0n) is 16.9. The Labute approximate surface area is 181 Å². The van der Waals surface area contributed by atoms with Crippen LogP contribution >= 0.6 is 0 Å². The fourth-order valence-corrected chi connectivity index (χ4v) is 3.37. The summed E-state index contributed by atoms with van der Waals surface area (Å²) in [6, 6.07) is 29.4. The molecule has 156 valence electrons. The minimum absolute atomic E-state index is 0.394. The molecule has 0 saturated heterocycles. The van der Waals surface area contributed by atoms with Crippen LogP contribution in [0.4, 0.5) is 22.7 Å². The summed E-state index contributed by atoms with van der Waals surface area (Å²) in [5, 5.41) is 0. The maximum Gasteiger partial charge on any atom is 0.305 e. The van der Waals surface area contributed by atoms with E-state index >= 15 is 0 Å². The minimum atomic E-state index is -1.38. The van der Waals surface area contributed by atoms with Crippen molar-refractivity contribution < 1.29 is 9.47 Å². The van der Waals surface area contributed by atoms with E-state index in [0.717, 1.165) is 11.1 Å². The third kappa shape index (κ3) is 4.04. The number of hydrogen-bond donors (Lipinski definition) is 4. The fourth-order valence-electron chi connectivity index (χ4n) is 3.37. The monoisotopic (exact) mass is 412 g/mol. The third-order valence-corrected chi connectivity index (χ3v) is 4.88. The Hall–Kier alpha value is -4.32. The van der Waals surface area contributed by atoms with E-state index in [0.29, 0.717) is 34.2 Å². The Bertz CT molecular complexity index is 1090. The van der Waals surface area contributed by atoms with Gasteiger partial charge in [-0.2, -0.15) is 0 Å². The van der Waals surface area contributed by atoms with E-state index in [1.54, 1.807) is 36.4 Å². The predicted octanol–water partition coefficient (Wildman–Crippen LogP) is 4.37. The van der Waals surface area contributed by atoms with E-state index in [2.05, 4.69) is 0 Å². The molecule has 0 spiro atoms. The molecule has 0 aliphatic rings. The summed E-state index contributed by atoms with van der Waals surface area (Å²) in [5.41, 5.74) is 27.6. The van der Waals surface area contributed by atoms with Crippen LogP contribution in [-0.4, -0.2) is 0 Å². The first-order valence-corrected chi connectivity index (χ1v) is 9.77. The van der Waals surface area contributed by atoms with Crippen molar-refractivity contribution in [3.63, 3.8) is 0 Å². The highest BCUT2D eigenvalue weighted by molar-refractivity contribution is 5.62. The minimum Gasteiger partial charge on any atom is -0.442 e. The van der Waals surface area contributed by atoms with Gasteiger partial charge in [0.2, 0.25) is 0 Å². The lowest BCUT2D eigenvalue weighted by molar-refractivity contribution is -0.0833. The van der Waals surface area contributed by atoms with E-state index in [-0.39, 0.29) is 0 Å². The van der Waals surface area contributed by atoms with Crippen molar-refractivity contribution in [3.8, 4) is 11.5 Å². The first kappa shape index (κ1) is 20.0. The summed E-state index contributed by atoms with van der Waals surface area (Å²) in [5.74, 6) is -0.524. The Kier molecular flexibility index (Phi) is 5.28. The van der Waals surface area contributed by atoms with Crippen LogP contribution in [0.15, 0.2) is 97.1 Å². The zero-order valence-corrected chi connectivity index (χ0v) is 16.9. The van der Waals surface area contributed by atoms with Crippen molar-refractivity contribution in [1.82, 2.24) is 0 Å². The maximum absolute atomic E-state index is 6.56. The summed E-state index contributed by atoms with van der Waals surface area (Å²) in [4.78, 5) is 0. The Morgan fingerprint density at radius 2 is 0.871 bits per heavy atom. The van der Waals surface area contributed by atoms with Crippen LogP contribution in [0.25, 0.3) is 0 Å². The van der Waals surface area contributed by atoms with Gasteiger partial charge >= 0.3 is 5.79 Å². The number of nitrogen functional groups attached to an aromatic ring is 4.